The molecule has 0 aliphatic carbocycles. The molecule has 1 aromatic rings. The van der Waals surface area contributed by atoms with Crippen LogP contribution in [-0.4, -0.2) is 47.4 Å². The molecule has 2 rings (SSSR count). The van der Waals surface area contributed by atoms with Crippen LogP contribution in [0, 0.1) is 22.7 Å². The Morgan fingerprint density at radius 1 is 1.30 bits per heavy atom. The fourth-order valence-corrected chi connectivity index (χ4v) is 2.80. The number of hydrogen-bond donors (Lipinski definition) is 2. The predicted octanol–water partition coefficient (Wildman–Crippen LogP) is 1.35. The number of nitriles is 2. The van der Waals surface area contributed by atoms with E-state index >= 15 is 0 Å². The van der Waals surface area contributed by atoms with E-state index in [2.05, 4.69) is 16.5 Å². The molecule has 120 valence electrons. The monoisotopic (exact) mass is 334 g/mol. The van der Waals surface area contributed by atoms with Gasteiger partial charge in [0.15, 0.2) is 0 Å². The summed E-state index contributed by atoms with van der Waals surface area (Å²) in [4.78, 5) is 16.8. The molecule has 0 bridgehead atoms. The molecule has 8 nitrogen and oxygen atoms in total. The van der Waals surface area contributed by atoms with E-state index in [1.165, 1.54) is 0 Å². The second-order valence-electron chi connectivity index (χ2n) is 4.92. The first kappa shape index (κ1) is 16.8. The summed E-state index contributed by atoms with van der Waals surface area (Å²) in [6, 6.07) is 4.12. The third kappa shape index (κ3) is 3.45. The van der Waals surface area contributed by atoms with Crippen LogP contribution in [0.3, 0.4) is 0 Å². The van der Waals surface area contributed by atoms with E-state index in [0.717, 1.165) is 0 Å². The number of nitrogens with one attached hydrogen (secondary N) is 1. The van der Waals surface area contributed by atoms with Crippen molar-refractivity contribution in [1.82, 2.24) is 15.4 Å². The minimum absolute atomic E-state index is 0.0874. The third-order valence-electron chi connectivity index (χ3n) is 3.65. The fraction of sp³-hybridized carbons (Fsp3) is 0.429. The molecule has 1 aliphatic rings. The van der Waals surface area contributed by atoms with Crippen LogP contribution in [0.25, 0.3) is 0 Å². The number of halogens is 1. The first-order chi connectivity index (χ1) is 11.0. The Hall–Kier alpha value is -2.55. The summed E-state index contributed by atoms with van der Waals surface area (Å²) in [5.74, 6) is 0.448. The van der Waals surface area contributed by atoms with Crippen LogP contribution >= 0.6 is 11.6 Å². The van der Waals surface area contributed by atoms with Crippen LogP contribution in [0.5, 0.6) is 0 Å². The van der Waals surface area contributed by atoms with Crippen molar-refractivity contribution >= 4 is 23.5 Å². The molecule has 1 aliphatic heterocycles. The summed E-state index contributed by atoms with van der Waals surface area (Å²) in [6.07, 6.45) is -0.606. The van der Waals surface area contributed by atoms with Gasteiger partial charge in [0.1, 0.15) is 23.1 Å². The second kappa shape index (κ2) is 7.14. The zero-order valence-electron chi connectivity index (χ0n) is 12.5. The maximum absolute atomic E-state index is 10.6. The molecule has 1 fully saturated rings. The Morgan fingerprint density at radius 3 is 2.39 bits per heavy atom. The summed E-state index contributed by atoms with van der Waals surface area (Å²) in [6.45, 7) is 3.75. The number of piperazine rings is 1. The number of hydrogen-bond acceptors (Lipinski definition) is 6. The number of pyridine rings is 1. The van der Waals surface area contributed by atoms with Gasteiger partial charge in [0.05, 0.1) is 11.1 Å². The highest BCUT2D eigenvalue weighted by molar-refractivity contribution is 6.30. The summed E-state index contributed by atoms with van der Waals surface area (Å²) in [5.41, 5.74) is 3.49. The fourth-order valence-electron chi connectivity index (χ4n) is 2.57. The van der Waals surface area contributed by atoms with Gasteiger partial charge < -0.3 is 10.0 Å². The average molecular weight is 335 g/mol. The molecule has 0 saturated carbocycles. The van der Waals surface area contributed by atoms with Crippen LogP contribution in [0.2, 0.25) is 5.15 Å². The molecule has 1 aromatic heterocycles. The Balaban J connectivity index is 2.31. The number of amides is 1. The topological polar surface area (TPSA) is 116 Å². The van der Waals surface area contributed by atoms with Gasteiger partial charge in [-0.25, -0.2) is 14.8 Å². The van der Waals surface area contributed by atoms with Gasteiger partial charge in [-0.2, -0.15) is 10.5 Å². The largest absolute Gasteiger partial charge is 0.464 e. The van der Waals surface area contributed by atoms with Crippen LogP contribution in [-0.2, 0) is 6.42 Å². The molecule has 0 atom stereocenters. The highest BCUT2D eigenvalue weighted by Gasteiger charge is 2.25. The Kier molecular flexibility index (Phi) is 5.22. The molecule has 1 saturated heterocycles. The van der Waals surface area contributed by atoms with Crippen molar-refractivity contribution in [1.29, 1.82) is 10.5 Å². The van der Waals surface area contributed by atoms with Crippen LogP contribution < -0.4 is 10.3 Å². The number of rotatable bonds is 3. The third-order valence-corrected chi connectivity index (χ3v) is 3.92. The molecule has 0 radical (unpaired) electrons. The van der Waals surface area contributed by atoms with Crippen LogP contribution in [0.15, 0.2) is 0 Å². The van der Waals surface area contributed by atoms with E-state index in [9.17, 15) is 15.3 Å². The maximum Gasteiger partial charge on any atom is 0.419 e. The van der Waals surface area contributed by atoms with E-state index in [1.54, 1.807) is 5.01 Å². The van der Waals surface area contributed by atoms with Crippen molar-refractivity contribution in [3.8, 4) is 12.1 Å². The number of aromatic nitrogens is 1. The lowest BCUT2D eigenvalue weighted by atomic mass is 10.0. The van der Waals surface area contributed by atoms with Gasteiger partial charge in [-0.1, -0.05) is 18.5 Å². The number of carbonyl (C=O) groups is 1. The molecule has 2 N–H and O–H groups in total. The molecule has 23 heavy (non-hydrogen) atoms. The summed E-state index contributed by atoms with van der Waals surface area (Å²) >= 11 is 6.09. The molecule has 9 heteroatoms. The molecule has 0 unspecified atom stereocenters. The SMILES string of the molecule is CCc1c(C#N)c(Cl)nc(N2CCN(NC(=O)O)CC2)c1C#N. The lowest BCUT2D eigenvalue weighted by molar-refractivity contribution is 0.134. The lowest BCUT2D eigenvalue weighted by Gasteiger charge is -2.35. The van der Waals surface area contributed by atoms with Gasteiger partial charge in [0.2, 0.25) is 0 Å². The van der Waals surface area contributed by atoms with Crippen LogP contribution in [0.1, 0.15) is 23.6 Å². The summed E-state index contributed by atoms with van der Waals surface area (Å²) in [7, 11) is 0. The first-order valence-corrected chi connectivity index (χ1v) is 7.41. The number of carboxylic acid groups (broad SMARTS) is 1. The zero-order chi connectivity index (χ0) is 17.0. The van der Waals surface area contributed by atoms with E-state index < -0.39 is 6.09 Å². The first-order valence-electron chi connectivity index (χ1n) is 7.03. The van der Waals surface area contributed by atoms with Gasteiger partial charge in [-0.05, 0) is 12.0 Å². The lowest BCUT2D eigenvalue weighted by Crippen LogP contribution is -2.53. The second-order valence-corrected chi connectivity index (χ2v) is 5.28. The average Bonchev–Trinajstić information content (AvgIpc) is 2.53. The van der Waals surface area contributed by atoms with Crippen molar-refractivity contribution in [2.75, 3.05) is 31.1 Å². The number of hydrazine groups is 1. The van der Waals surface area contributed by atoms with Gasteiger partial charge in [-0.3, -0.25) is 5.43 Å². The molecule has 0 aromatic carbocycles. The van der Waals surface area contributed by atoms with Crippen molar-refractivity contribution in [2.24, 2.45) is 0 Å². The van der Waals surface area contributed by atoms with Crippen molar-refractivity contribution in [2.45, 2.75) is 13.3 Å². The molecular weight excluding hydrogens is 320 g/mol. The van der Waals surface area contributed by atoms with Gasteiger partial charge in [-0.15, -0.1) is 0 Å². The molecular formula is C14H15ClN6O2. The molecule has 1 amide bonds. The normalized spacial score (nSPS) is 14.9. The predicted molar refractivity (Wildman–Crippen MR) is 83.0 cm³/mol. The highest BCUT2D eigenvalue weighted by Crippen LogP contribution is 2.29. The Labute approximate surface area is 138 Å². The minimum atomic E-state index is -1.11. The number of nitrogens with zero attached hydrogens (tertiary/aromatic N) is 5. The van der Waals surface area contributed by atoms with Gasteiger partial charge in [0, 0.05) is 26.2 Å². The molecule has 2 heterocycles. The quantitative estimate of drug-likeness (QED) is 0.801. The van der Waals surface area contributed by atoms with Gasteiger partial charge >= 0.3 is 6.09 Å². The van der Waals surface area contributed by atoms with E-state index in [-0.39, 0.29) is 10.7 Å². The van der Waals surface area contributed by atoms with Crippen LogP contribution in [0.4, 0.5) is 10.6 Å². The maximum atomic E-state index is 10.6. The van der Waals surface area contributed by atoms with Crippen molar-refractivity contribution in [3.63, 3.8) is 0 Å². The van der Waals surface area contributed by atoms with E-state index in [1.807, 2.05) is 17.9 Å². The van der Waals surface area contributed by atoms with Gasteiger partial charge in [0.25, 0.3) is 0 Å². The zero-order valence-corrected chi connectivity index (χ0v) is 13.3. The van der Waals surface area contributed by atoms with Crippen molar-refractivity contribution < 1.29 is 9.90 Å². The Bertz CT molecular complexity index is 701. The summed E-state index contributed by atoms with van der Waals surface area (Å²) < 4.78 is 0. The summed E-state index contributed by atoms with van der Waals surface area (Å²) in [5, 5.41) is 29.1. The van der Waals surface area contributed by atoms with E-state index in [4.69, 9.17) is 16.7 Å². The number of anilines is 1. The molecule has 0 spiro atoms. The van der Waals surface area contributed by atoms with Crippen molar-refractivity contribution in [3.05, 3.63) is 21.8 Å². The smallest absolute Gasteiger partial charge is 0.419 e. The highest BCUT2D eigenvalue weighted by atomic mass is 35.5. The Morgan fingerprint density at radius 2 is 1.91 bits per heavy atom. The van der Waals surface area contributed by atoms with E-state index in [0.29, 0.717) is 49.5 Å². The minimum Gasteiger partial charge on any atom is -0.464 e. The standard InChI is InChI=1S/C14H15ClN6O2/c1-2-9-10(7-16)12(15)18-13(11(9)8-17)20-3-5-21(6-4-20)19-14(22)23/h19H,2-6H2,1H3,(H,22,23).